The second-order valence-corrected chi connectivity index (χ2v) is 9.86. The van der Waals surface area contributed by atoms with Gasteiger partial charge in [-0.05, 0) is 43.7 Å². The monoisotopic (exact) mass is 483 g/mol. The Morgan fingerprint density at radius 2 is 1.82 bits per heavy atom. The van der Waals surface area contributed by atoms with Crippen LogP contribution in [0.3, 0.4) is 0 Å². The topological polar surface area (TPSA) is 115 Å². The van der Waals surface area contributed by atoms with E-state index in [1.165, 1.54) is 10.4 Å². The zero-order valence-corrected chi connectivity index (χ0v) is 19.7. The first-order valence-corrected chi connectivity index (χ1v) is 12.2. The van der Waals surface area contributed by atoms with Gasteiger partial charge in [0.25, 0.3) is 5.91 Å². The third-order valence-corrected chi connectivity index (χ3v) is 7.50. The Hall–Kier alpha value is -3.34. The molecule has 0 spiro atoms. The molecule has 2 aromatic carbocycles. The van der Waals surface area contributed by atoms with Gasteiger partial charge in [0.15, 0.2) is 6.61 Å². The van der Waals surface area contributed by atoms with Crippen molar-refractivity contribution in [3.8, 4) is 0 Å². The zero-order valence-electron chi connectivity index (χ0n) is 18.9. The van der Waals surface area contributed by atoms with E-state index < -0.39 is 28.5 Å². The fraction of sp³-hybridized carbons (Fsp3) is 0.292. The van der Waals surface area contributed by atoms with Crippen molar-refractivity contribution in [3.63, 3.8) is 0 Å². The fourth-order valence-corrected chi connectivity index (χ4v) is 5.42. The summed E-state index contributed by atoms with van der Waals surface area (Å²) in [5.74, 6) is -1.22. The molecule has 34 heavy (non-hydrogen) atoms. The van der Waals surface area contributed by atoms with Crippen LogP contribution in [0.2, 0.25) is 0 Å². The first-order valence-electron chi connectivity index (χ1n) is 10.8. The number of carbonyl (C=O) groups excluding carboxylic acids is 2. The van der Waals surface area contributed by atoms with Gasteiger partial charge in [-0.3, -0.25) is 9.78 Å². The van der Waals surface area contributed by atoms with Crippen LogP contribution in [0.5, 0.6) is 0 Å². The first kappa shape index (κ1) is 23.8. The highest BCUT2D eigenvalue weighted by Crippen LogP contribution is 2.24. The summed E-state index contributed by atoms with van der Waals surface area (Å²) < 4.78 is 37.9. The molecule has 1 amide bonds. The lowest BCUT2D eigenvalue weighted by atomic mass is 10.1. The SMILES string of the molecule is Cc1cc(C(=O)OCC(=O)Nc2ccc(C)c(S(=O)(=O)N3CCOCC3)c2)c2ccccc2n1. The molecule has 2 heterocycles. The molecule has 1 aliphatic heterocycles. The normalized spacial score (nSPS) is 14.6. The number of morpholine rings is 1. The standard InChI is InChI=1S/C24H25N3O6S/c1-16-7-8-18(14-22(16)34(30,31)27-9-11-32-12-10-27)26-23(28)15-33-24(29)20-13-17(2)25-21-6-4-3-5-19(20)21/h3-8,13-14H,9-12,15H2,1-2H3,(H,26,28). The number of rotatable bonds is 6. The number of esters is 1. The quantitative estimate of drug-likeness (QED) is 0.536. The van der Waals surface area contributed by atoms with Crippen molar-refractivity contribution >= 4 is 38.5 Å². The Kier molecular flexibility index (Phi) is 6.92. The molecule has 0 saturated carbocycles. The summed E-state index contributed by atoms with van der Waals surface area (Å²) in [6.45, 7) is 4.18. The largest absolute Gasteiger partial charge is 0.452 e. The number of hydrogen-bond acceptors (Lipinski definition) is 7. The molecular formula is C24H25N3O6S. The zero-order chi connectivity index (χ0) is 24.3. The van der Waals surface area contributed by atoms with Gasteiger partial charge in [0, 0.05) is 29.9 Å². The van der Waals surface area contributed by atoms with Gasteiger partial charge >= 0.3 is 5.97 Å². The molecule has 1 fully saturated rings. The minimum absolute atomic E-state index is 0.114. The highest BCUT2D eigenvalue weighted by atomic mass is 32.2. The predicted molar refractivity (Wildman–Crippen MR) is 126 cm³/mol. The summed E-state index contributed by atoms with van der Waals surface area (Å²) in [6, 6.07) is 13.4. The average Bonchev–Trinajstić information content (AvgIpc) is 2.83. The van der Waals surface area contributed by atoms with Gasteiger partial charge in [0.2, 0.25) is 10.0 Å². The third-order valence-electron chi connectivity index (χ3n) is 5.46. The molecule has 1 saturated heterocycles. The predicted octanol–water partition coefficient (Wildman–Crippen LogP) is 2.67. The number of nitrogens with zero attached hydrogens (tertiary/aromatic N) is 2. The van der Waals surface area contributed by atoms with Crippen molar-refractivity contribution < 1.29 is 27.5 Å². The number of pyridine rings is 1. The number of nitrogens with one attached hydrogen (secondary N) is 1. The van der Waals surface area contributed by atoms with E-state index in [2.05, 4.69) is 10.3 Å². The Morgan fingerprint density at radius 1 is 1.09 bits per heavy atom. The number of sulfonamides is 1. The molecular weight excluding hydrogens is 458 g/mol. The average molecular weight is 484 g/mol. The van der Waals surface area contributed by atoms with Gasteiger partial charge in [-0.15, -0.1) is 0 Å². The van der Waals surface area contributed by atoms with Gasteiger partial charge in [0.05, 0.1) is 29.2 Å². The number of para-hydroxylation sites is 1. The summed E-state index contributed by atoms with van der Waals surface area (Å²) in [6.07, 6.45) is 0. The smallest absolute Gasteiger partial charge is 0.339 e. The first-order chi connectivity index (χ1) is 16.3. The van der Waals surface area contributed by atoms with Crippen molar-refractivity contribution in [2.75, 3.05) is 38.2 Å². The Balaban J connectivity index is 1.45. The molecule has 0 bridgehead atoms. The van der Waals surface area contributed by atoms with Gasteiger partial charge in [-0.2, -0.15) is 4.31 Å². The van der Waals surface area contributed by atoms with Gasteiger partial charge in [-0.25, -0.2) is 13.2 Å². The Morgan fingerprint density at radius 3 is 2.59 bits per heavy atom. The lowest BCUT2D eigenvalue weighted by molar-refractivity contribution is -0.119. The van der Waals surface area contributed by atoms with Crippen molar-refractivity contribution in [2.24, 2.45) is 0 Å². The number of hydrogen-bond donors (Lipinski definition) is 1. The molecule has 3 aromatic rings. The number of aromatic nitrogens is 1. The number of amides is 1. The molecule has 4 rings (SSSR count). The van der Waals surface area contributed by atoms with Crippen molar-refractivity contribution in [2.45, 2.75) is 18.7 Å². The van der Waals surface area contributed by atoms with Crippen LogP contribution >= 0.6 is 0 Å². The molecule has 0 unspecified atom stereocenters. The molecule has 10 heteroatoms. The second kappa shape index (κ2) is 9.88. The van der Waals surface area contributed by atoms with Crippen molar-refractivity contribution in [3.05, 3.63) is 65.4 Å². The van der Waals surface area contributed by atoms with Crippen LogP contribution in [0.15, 0.2) is 53.4 Å². The minimum atomic E-state index is -3.73. The maximum absolute atomic E-state index is 13.0. The third kappa shape index (κ3) is 5.09. The maximum Gasteiger partial charge on any atom is 0.339 e. The molecule has 0 aliphatic carbocycles. The summed E-state index contributed by atoms with van der Waals surface area (Å²) in [4.78, 5) is 29.6. The summed E-state index contributed by atoms with van der Waals surface area (Å²) >= 11 is 0. The highest BCUT2D eigenvalue weighted by Gasteiger charge is 2.28. The number of aryl methyl sites for hydroxylation is 2. The van der Waals surface area contributed by atoms with E-state index in [1.54, 1.807) is 50.2 Å². The van der Waals surface area contributed by atoms with Crippen LogP contribution in [0.1, 0.15) is 21.6 Å². The minimum Gasteiger partial charge on any atom is -0.452 e. The maximum atomic E-state index is 13.0. The van der Waals surface area contributed by atoms with E-state index in [-0.39, 0.29) is 18.0 Å². The number of ether oxygens (including phenoxy) is 2. The Bertz CT molecular complexity index is 1350. The number of fused-ring (bicyclic) bond motifs is 1. The second-order valence-electron chi connectivity index (χ2n) is 7.95. The van der Waals surface area contributed by atoms with Crippen molar-refractivity contribution in [1.29, 1.82) is 0 Å². The number of carbonyl (C=O) groups is 2. The molecule has 178 valence electrons. The van der Waals surface area contributed by atoms with E-state index in [0.717, 1.165) is 0 Å². The van der Waals surface area contributed by atoms with Crippen LogP contribution in [0.4, 0.5) is 5.69 Å². The van der Waals surface area contributed by atoms with Gasteiger partial charge < -0.3 is 14.8 Å². The van der Waals surface area contributed by atoms with Crippen LogP contribution in [-0.2, 0) is 24.3 Å². The molecule has 1 aromatic heterocycles. The lowest BCUT2D eigenvalue weighted by Gasteiger charge is -2.26. The van der Waals surface area contributed by atoms with Crippen LogP contribution in [0, 0.1) is 13.8 Å². The Labute approximate surface area is 197 Å². The highest BCUT2D eigenvalue weighted by molar-refractivity contribution is 7.89. The van der Waals surface area contributed by atoms with Crippen LogP contribution < -0.4 is 5.32 Å². The van der Waals surface area contributed by atoms with E-state index >= 15 is 0 Å². The molecule has 9 nitrogen and oxygen atoms in total. The summed E-state index contributed by atoms with van der Waals surface area (Å²) in [5, 5.41) is 3.24. The lowest BCUT2D eigenvalue weighted by Crippen LogP contribution is -2.40. The van der Waals surface area contributed by atoms with Crippen LogP contribution in [0.25, 0.3) is 10.9 Å². The summed E-state index contributed by atoms with van der Waals surface area (Å²) in [7, 11) is -3.73. The van der Waals surface area contributed by atoms with E-state index in [9.17, 15) is 18.0 Å². The number of anilines is 1. The van der Waals surface area contributed by atoms with Gasteiger partial charge in [-0.1, -0.05) is 24.3 Å². The molecule has 0 radical (unpaired) electrons. The molecule has 1 aliphatic rings. The van der Waals surface area contributed by atoms with Crippen LogP contribution in [-0.4, -0.2) is 62.5 Å². The number of benzene rings is 2. The molecule has 1 N–H and O–H groups in total. The fourth-order valence-electron chi connectivity index (χ4n) is 3.76. The van der Waals surface area contributed by atoms with E-state index in [1.807, 2.05) is 6.07 Å². The summed E-state index contributed by atoms with van der Waals surface area (Å²) in [5.41, 5.74) is 2.50. The van der Waals surface area contributed by atoms with E-state index in [0.29, 0.717) is 46.6 Å². The van der Waals surface area contributed by atoms with E-state index in [4.69, 9.17) is 9.47 Å². The van der Waals surface area contributed by atoms with Gasteiger partial charge in [0.1, 0.15) is 0 Å². The molecule has 0 atom stereocenters. The van der Waals surface area contributed by atoms with Crippen molar-refractivity contribution in [1.82, 2.24) is 9.29 Å².